The average Bonchev–Trinajstić information content (AvgIpc) is 2.05. The first-order chi connectivity index (χ1) is 5.24. The molecule has 0 saturated heterocycles. The third-order valence-corrected chi connectivity index (χ3v) is 1.48. The molecule has 0 heterocycles. The lowest BCUT2D eigenvalue weighted by molar-refractivity contribution is 1.13. The third kappa shape index (κ3) is 1.68. The molecule has 0 spiro atoms. The summed E-state index contributed by atoms with van der Waals surface area (Å²) in [6.45, 7) is 0. The number of hydrogen-bond donors (Lipinski definition) is 0. The predicted molar refractivity (Wildman–Crippen MR) is 45.5 cm³/mol. The summed E-state index contributed by atoms with van der Waals surface area (Å²) in [7, 11) is 3.93. The molecule has 0 N–H and O–H groups in total. The summed E-state index contributed by atoms with van der Waals surface area (Å²) >= 11 is 0. The van der Waals surface area contributed by atoms with Crippen LogP contribution in [0.4, 0.5) is 11.4 Å². The van der Waals surface area contributed by atoms with Gasteiger partial charge in [0.25, 0.3) is 0 Å². The molecular formula is C8H10N3+. The number of diazo groups is 1. The van der Waals surface area contributed by atoms with Gasteiger partial charge in [0, 0.05) is 31.9 Å². The van der Waals surface area contributed by atoms with Crippen molar-refractivity contribution in [3.63, 3.8) is 0 Å². The van der Waals surface area contributed by atoms with E-state index < -0.39 is 0 Å². The van der Waals surface area contributed by atoms with E-state index in [1.165, 1.54) is 0 Å². The fourth-order valence-electron chi connectivity index (χ4n) is 0.817. The van der Waals surface area contributed by atoms with Crippen LogP contribution in [0.1, 0.15) is 0 Å². The molecule has 0 aromatic heterocycles. The molecule has 0 bridgehead atoms. The number of nitrogens with zero attached hydrogens (tertiary/aromatic N) is 3. The van der Waals surface area contributed by atoms with Crippen LogP contribution in [0.5, 0.6) is 0 Å². The Labute approximate surface area is 65.9 Å². The zero-order valence-corrected chi connectivity index (χ0v) is 6.65. The summed E-state index contributed by atoms with van der Waals surface area (Å²) in [5.41, 5.74) is 1.67. The summed E-state index contributed by atoms with van der Waals surface area (Å²) < 4.78 is 0. The Morgan fingerprint density at radius 3 is 2.09 bits per heavy atom. The van der Waals surface area contributed by atoms with Crippen LogP contribution in [0, 0.1) is 5.39 Å². The molecule has 3 nitrogen and oxygen atoms in total. The molecule has 56 valence electrons. The van der Waals surface area contributed by atoms with Gasteiger partial charge in [0.2, 0.25) is 5.39 Å². The van der Waals surface area contributed by atoms with Crippen molar-refractivity contribution >= 4 is 11.4 Å². The van der Waals surface area contributed by atoms with Gasteiger partial charge in [0.15, 0.2) is 4.98 Å². The molecule has 11 heavy (non-hydrogen) atoms. The first-order valence-electron chi connectivity index (χ1n) is 3.36. The minimum absolute atomic E-state index is 0.579. The Hall–Kier alpha value is -1.56. The molecule has 0 radical (unpaired) electrons. The van der Waals surface area contributed by atoms with Gasteiger partial charge < -0.3 is 4.90 Å². The normalized spacial score (nSPS) is 8.82. The van der Waals surface area contributed by atoms with Gasteiger partial charge >= 0.3 is 5.69 Å². The van der Waals surface area contributed by atoms with Crippen molar-refractivity contribution in [2.75, 3.05) is 19.0 Å². The van der Waals surface area contributed by atoms with E-state index in [1.54, 1.807) is 12.1 Å². The number of benzene rings is 1. The van der Waals surface area contributed by atoms with E-state index in [0.717, 1.165) is 5.69 Å². The van der Waals surface area contributed by atoms with Crippen LogP contribution in [-0.4, -0.2) is 14.1 Å². The van der Waals surface area contributed by atoms with E-state index in [9.17, 15) is 0 Å². The van der Waals surface area contributed by atoms with Crippen LogP contribution < -0.4 is 4.90 Å². The van der Waals surface area contributed by atoms with Gasteiger partial charge in [0.05, 0.1) is 0 Å². The molecule has 0 aliphatic heterocycles. The minimum Gasteiger partial charge on any atom is -0.378 e. The predicted octanol–water partition coefficient (Wildman–Crippen LogP) is 2.24. The van der Waals surface area contributed by atoms with E-state index in [0.29, 0.717) is 5.69 Å². The Morgan fingerprint density at radius 2 is 1.73 bits per heavy atom. The van der Waals surface area contributed by atoms with Crippen LogP contribution in [-0.2, 0) is 0 Å². The maximum atomic E-state index is 8.38. The molecule has 1 aromatic rings. The van der Waals surface area contributed by atoms with E-state index in [2.05, 4.69) is 4.98 Å². The highest BCUT2D eigenvalue weighted by molar-refractivity contribution is 5.54. The highest BCUT2D eigenvalue weighted by Gasteiger charge is 2.02. The molecule has 0 unspecified atom stereocenters. The second kappa shape index (κ2) is 3.02. The SMILES string of the molecule is CN(C)c1ccc([N+]#[15N])cc1. The first kappa shape index (κ1) is 7.55. The molecule has 0 fully saturated rings. The molecule has 3 heteroatoms. The maximum absolute atomic E-state index is 8.38. The van der Waals surface area contributed by atoms with Crippen LogP contribution in [0.3, 0.4) is 0 Å². The Kier molecular flexibility index (Phi) is 2.07. The van der Waals surface area contributed by atoms with E-state index in [-0.39, 0.29) is 0 Å². The smallest absolute Gasteiger partial charge is 0.378 e. The fourth-order valence-corrected chi connectivity index (χ4v) is 0.817. The second-order valence-corrected chi connectivity index (χ2v) is 2.51. The van der Waals surface area contributed by atoms with Crippen molar-refractivity contribution in [1.82, 2.24) is 0 Å². The lowest BCUT2D eigenvalue weighted by Crippen LogP contribution is -2.07. The topological polar surface area (TPSA) is 31.4 Å². The molecule has 0 aliphatic carbocycles. The molecule has 1 aromatic carbocycles. The first-order valence-corrected chi connectivity index (χ1v) is 3.36. The van der Waals surface area contributed by atoms with Crippen molar-refractivity contribution in [3.05, 3.63) is 29.2 Å². The van der Waals surface area contributed by atoms with Gasteiger partial charge in [-0.05, 0) is 12.1 Å². The summed E-state index contributed by atoms with van der Waals surface area (Å²) in [6, 6.07) is 7.31. The van der Waals surface area contributed by atoms with Gasteiger partial charge in [-0.3, -0.25) is 0 Å². The van der Waals surface area contributed by atoms with Crippen molar-refractivity contribution < 1.29 is 0 Å². The summed E-state index contributed by atoms with van der Waals surface area (Å²) in [6.07, 6.45) is 0. The zero-order valence-electron chi connectivity index (χ0n) is 6.65. The van der Waals surface area contributed by atoms with E-state index >= 15 is 0 Å². The second-order valence-electron chi connectivity index (χ2n) is 2.51. The standard InChI is InChI=1S/C8H10N3/c1-11(2)8-5-3-7(10-9)4-6-8/h3-6H,1-2H3/q+1/i9+1. The van der Waals surface area contributed by atoms with Crippen LogP contribution in [0.2, 0.25) is 0 Å². The van der Waals surface area contributed by atoms with E-state index in [4.69, 9.17) is 5.39 Å². The number of rotatable bonds is 1. The molecule has 0 amide bonds. The molecular weight excluding hydrogens is 139 g/mol. The average molecular weight is 149 g/mol. The quantitative estimate of drug-likeness (QED) is 0.453. The highest BCUT2D eigenvalue weighted by Crippen LogP contribution is 2.17. The summed E-state index contributed by atoms with van der Waals surface area (Å²) in [4.78, 5) is 5.04. The minimum atomic E-state index is 0.579. The van der Waals surface area contributed by atoms with Crippen molar-refractivity contribution in [2.45, 2.75) is 0 Å². The summed E-state index contributed by atoms with van der Waals surface area (Å²) in [5.74, 6) is 0. The zero-order chi connectivity index (χ0) is 8.27. The largest absolute Gasteiger partial charge is 0.385 e. The molecule has 0 saturated carbocycles. The van der Waals surface area contributed by atoms with Gasteiger partial charge in [-0.1, -0.05) is 0 Å². The Balaban J connectivity index is 2.94. The van der Waals surface area contributed by atoms with Gasteiger partial charge in [-0.25, -0.2) is 0 Å². The lowest BCUT2D eigenvalue weighted by Gasteiger charge is -2.09. The van der Waals surface area contributed by atoms with Gasteiger partial charge in [-0.15, -0.1) is 0 Å². The van der Waals surface area contributed by atoms with Crippen LogP contribution in [0.15, 0.2) is 24.3 Å². The van der Waals surface area contributed by atoms with Gasteiger partial charge in [-0.2, -0.15) is 0 Å². The van der Waals surface area contributed by atoms with Crippen molar-refractivity contribution in [3.8, 4) is 0 Å². The molecule has 1 rings (SSSR count). The fraction of sp³-hybridized carbons (Fsp3) is 0.250. The van der Waals surface area contributed by atoms with Crippen molar-refractivity contribution in [1.29, 1.82) is 5.39 Å². The van der Waals surface area contributed by atoms with Crippen molar-refractivity contribution in [2.24, 2.45) is 0 Å². The van der Waals surface area contributed by atoms with Crippen LogP contribution >= 0.6 is 0 Å². The van der Waals surface area contributed by atoms with Crippen LogP contribution in [0.25, 0.3) is 4.98 Å². The molecule has 0 aliphatic rings. The summed E-state index contributed by atoms with van der Waals surface area (Å²) in [5, 5.41) is 8.38. The monoisotopic (exact) mass is 149 g/mol. The lowest BCUT2D eigenvalue weighted by atomic mass is 10.3. The number of hydrogen-bond acceptors (Lipinski definition) is 2. The maximum Gasteiger partial charge on any atom is 0.385 e. The van der Waals surface area contributed by atoms with Gasteiger partial charge in [0.1, 0.15) is 0 Å². The van der Waals surface area contributed by atoms with E-state index in [1.807, 2.05) is 31.1 Å². The third-order valence-electron chi connectivity index (χ3n) is 1.48. The Bertz CT molecular complexity index is 268. The highest BCUT2D eigenvalue weighted by atomic mass is 15.3. The number of anilines is 1. The molecule has 0 atom stereocenters. The Morgan fingerprint density at radius 1 is 1.18 bits per heavy atom.